The van der Waals surface area contributed by atoms with E-state index in [1.165, 1.54) is 24.3 Å². The second kappa shape index (κ2) is 6.26. The maximum Gasteiger partial charge on any atom is 0.185 e. The molecule has 2 rings (SSSR count). The molecule has 2 aromatic rings. The molecule has 0 aliphatic rings. The SMILES string of the molecule is CCN(CC(=O)c1ccc(O)cc1O)c1ccc(F)cc1. The molecule has 4 nitrogen and oxygen atoms in total. The molecule has 0 bridgehead atoms. The van der Waals surface area contributed by atoms with Crippen molar-refractivity contribution in [1.29, 1.82) is 0 Å². The maximum absolute atomic E-state index is 12.9. The maximum atomic E-state index is 12.9. The lowest BCUT2D eigenvalue weighted by Crippen LogP contribution is -2.29. The third kappa shape index (κ3) is 3.51. The van der Waals surface area contributed by atoms with Crippen LogP contribution in [-0.4, -0.2) is 29.1 Å². The van der Waals surface area contributed by atoms with Crippen LogP contribution in [0.2, 0.25) is 0 Å². The Hall–Kier alpha value is -2.56. The van der Waals surface area contributed by atoms with Crippen LogP contribution < -0.4 is 4.90 Å². The lowest BCUT2D eigenvalue weighted by atomic mass is 10.1. The first-order valence-electron chi connectivity index (χ1n) is 6.57. The van der Waals surface area contributed by atoms with Crippen molar-refractivity contribution in [2.24, 2.45) is 0 Å². The highest BCUT2D eigenvalue weighted by Crippen LogP contribution is 2.24. The van der Waals surface area contributed by atoms with E-state index in [1.807, 2.05) is 6.92 Å². The van der Waals surface area contributed by atoms with Gasteiger partial charge in [0.25, 0.3) is 0 Å². The largest absolute Gasteiger partial charge is 0.508 e. The number of anilines is 1. The van der Waals surface area contributed by atoms with E-state index in [9.17, 15) is 19.4 Å². The minimum absolute atomic E-state index is 0.0560. The Morgan fingerprint density at radius 3 is 2.38 bits per heavy atom. The summed E-state index contributed by atoms with van der Waals surface area (Å²) in [5, 5.41) is 18.9. The van der Waals surface area contributed by atoms with E-state index >= 15 is 0 Å². The van der Waals surface area contributed by atoms with Crippen LogP contribution in [0.25, 0.3) is 0 Å². The van der Waals surface area contributed by atoms with Gasteiger partial charge < -0.3 is 15.1 Å². The second-order valence-electron chi connectivity index (χ2n) is 4.62. The first-order valence-corrected chi connectivity index (χ1v) is 6.57. The Bertz CT molecular complexity index is 640. The molecular formula is C16H16FNO3. The quantitative estimate of drug-likeness (QED) is 0.831. The third-order valence-electron chi connectivity index (χ3n) is 3.19. The molecule has 0 heterocycles. The number of benzene rings is 2. The predicted molar refractivity (Wildman–Crippen MR) is 78.4 cm³/mol. The summed E-state index contributed by atoms with van der Waals surface area (Å²) in [6.45, 7) is 2.50. The number of carbonyl (C=O) groups is 1. The van der Waals surface area contributed by atoms with Gasteiger partial charge in [-0.3, -0.25) is 4.79 Å². The number of aromatic hydroxyl groups is 2. The fraction of sp³-hybridized carbons (Fsp3) is 0.188. The van der Waals surface area contributed by atoms with Crippen molar-refractivity contribution >= 4 is 11.5 Å². The lowest BCUT2D eigenvalue weighted by molar-refractivity contribution is 0.0996. The number of nitrogens with zero attached hydrogens (tertiary/aromatic N) is 1. The topological polar surface area (TPSA) is 60.8 Å². The van der Waals surface area contributed by atoms with Crippen molar-refractivity contribution in [1.82, 2.24) is 0 Å². The number of ketones is 1. The number of carbonyl (C=O) groups excluding carboxylic acids is 1. The van der Waals surface area contributed by atoms with Gasteiger partial charge in [0.1, 0.15) is 17.3 Å². The van der Waals surface area contributed by atoms with Gasteiger partial charge in [0.15, 0.2) is 5.78 Å². The highest BCUT2D eigenvalue weighted by molar-refractivity contribution is 6.01. The number of hydrogen-bond donors (Lipinski definition) is 2. The summed E-state index contributed by atoms with van der Waals surface area (Å²) in [7, 11) is 0. The van der Waals surface area contributed by atoms with Gasteiger partial charge in [-0.15, -0.1) is 0 Å². The summed E-state index contributed by atoms with van der Waals surface area (Å²) in [6.07, 6.45) is 0. The number of halogens is 1. The van der Waals surface area contributed by atoms with Crippen LogP contribution in [0.1, 0.15) is 17.3 Å². The number of likely N-dealkylation sites (N-methyl/N-ethyl adjacent to an activating group) is 1. The zero-order valence-electron chi connectivity index (χ0n) is 11.6. The van der Waals surface area contributed by atoms with E-state index in [-0.39, 0.29) is 35.2 Å². The average Bonchev–Trinajstić information content (AvgIpc) is 2.45. The zero-order chi connectivity index (χ0) is 15.4. The summed E-state index contributed by atoms with van der Waals surface area (Å²) < 4.78 is 12.9. The van der Waals surface area contributed by atoms with Crippen LogP contribution >= 0.6 is 0 Å². The summed E-state index contributed by atoms with van der Waals surface area (Å²) in [4.78, 5) is 14.0. The molecule has 0 atom stereocenters. The van der Waals surface area contributed by atoms with Crippen LogP contribution in [0, 0.1) is 5.82 Å². The van der Waals surface area contributed by atoms with Crippen LogP contribution in [0.3, 0.4) is 0 Å². The molecule has 0 fully saturated rings. The van der Waals surface area contributed by atoms with Crippen molar-refractivity contribution in [3.63, 3.8) is 0 Å². The van der Waals surface area contributed by atoms with Crippen molar-refractivity contribution in [3.05, 3.63) is 53.8 Å². The molecule has 0 unspecified atom stereocenters. The molecule has 0 saturated carbocycles. The van der Waals surface area contributed by atoms with Crippen LogP contribution in [0.4, 0.5) is 10.1 Å². The van der Waals surface area contributed by atoms with Gasteiger partial charge in [0.05, 0.1) is 12.1 Å². The van der Waals surface area contributed by atoms with E-state index in [0.717, 1.165) is 11.8 Å². The fourth-order valence-corrected chi connectivity index (χ4v) is 2.05. The Labute approximate surface area is 122 Å². The molecule has 0 radical (unpaired) electrons. The standard InChI is InChI=1S/C16H16FNO3/c1-2-18(12-5-3-11(17)4-6-12)10-16(21)14-8-7-13(19)9-15(14)20/h3-9,19-20H,2,10H2,1H3. The summed E-state index contributed by atoms with van der Waals surface area (Å²) in [5.74, 6) is -0.971. The highest BCUT2D eigenvalue weighted by atomic mass is 19.1. The van der Waals surface area contributed by atoms with Gasteiger partial charge in [0, 0.05) is 18.3 Å². The van der Waals surface area contributed by atoms with Gasteiger partial charge in [-0.2, -0.15) is 0 Å². The van der Waals surface area contributed by atoms with E-state index < -0.39 is 0 Å². The first-order chi connectivity index (χ1) is 10.0. The monoisotopic (exact) mass is 289 g/mol. The van der Waals surface area contributed by atoms with E-state index in [4.69, 9.17) is 0 Å². The minimum Gasteiger partial charge on any atom is -0.508 e. The Kier molecular flexibility index (Phi) is 4.42. The van der Waals surface area contributed by atoms with Gasteiger partial charge in [-0.05, 0) is 43.3 Å². The molecule has 0 saturated heterocycles. The van der Waals surface area contributed by atoms with Crippen LogP contribution in [0.15, 0.2) is 42.5 Å². The third-order valence-corrected chi connectivity index (χ3v) is 3.19. The smallest absolute Gasteiger partial charge is 0.185 e. The normalized spacial score (nSPS) is 10.4. The minimum atomic E-state index is -0.336. The van der Waals surface area contributed by atoms with E-state index in [0.29, 0.717) is 6.54 Å². The van der Waals surface area contributed by atoms with Gasteiger partial charge in [-0.1, -0.05) is 0 Å². The molecular weight excluding hydrogens is 273 g/mol. The van der Waals surface area contributed by atoms with Crippen LogP contribution in [-0.2, 0) is 0 Å². The Balaban J connectivity index is 2.18. The molecule has 0 aliphatic carbocycles. The summed E-state index contributed by atoms with van der Waals surface area (Å²) in [5.41, 5.74) is 0.874. The number of phenolic OH excluding ortho intramolecular Hbond substituents is 2. The van der Waals surface area contributed by atoms with Crippen molar-refractivity contribution in [2.75, 3.05) is 18.0 Å². The Morgan fingerprint density at radius 2 is 1.81 bits per heavy atom. The molecule has 2 aromatic carbocycles. The highest BCUT2D eigenvalue weighted by Gasteiger charge is 2.15. The average molecular weight is 289 g/mol. The van der Waals surface area contributed by atoms with Crippen molar-refractivity contribution in [2.45, 2.75) is 6.92 Å². The number of hydrogen-bond acceptors (Lipinski definition) is 4. The number of phenols is 2. The molecule has 0 aromatic heterocycles. The predicted octanol–water partition coefficient (Wildman–Crippen LogP) is 2.95. The van der Waals surface area contributed by atoms with Gasteiger partial charge >= 0.3 is 0 Å². The van der Waals surface area contributed by atoms with E-state index in [2.05, 4.69) is 0 Å². The molecule has 110 valence electrons. The van der Waals surface area contributed by atoms with Crippen molar-refractivity contribution < 1.29 is 19.4 Å². The van der Waals surface area contributed by atoms with Gasteiger partial charge in [-0.25, -0.2) is 4.39 Å². The molecule has 2 N–H and O–H groups in total. The lowest BCUT2D eigenvalue weighted by Gasteiger charge is -2.22. The van der Waals surface area contributed by atoms with E-state index in [1.54, 1.807) is 17.0 Å². The van der Waals surface area contributed by atoms with Crippen molar-refractivity contribution in [3.8, 4) is 11.5 Å². The van der Waals surface area contributed by atoms with Gasteiger partial charge in [0.2, 0.25) is 0 Å². The fourth-order valence-electron chi connectivity index (χ4n) is 2.05. The zero-order valence-corrected chi connectivity index (χ0v) is 11.6. The molecule has 5 heteroatoms. The Morgan fingerprint density at radius 1 is 1.14 bits per heavy atom. The number of rotatable bonds is 5. The summed E-state index contributed by atoms with van der Waals surface area (Å²) in [6, 6.07) is 9.72. The molecule has 0 spiro atoms. The molecule has 21 heavy (non-hydrogen) atoms. The van der Waals surface area contributed by atoms with Crippen LogP contribution in [0.5, 0.6) is 11.5 Å². The molecule has 0 aliphatic heterocycles. The summed E-state index contributed by atoms with van der Waals surface area (Å²) >= 11 is 0. The number of Topliss-reactive ketones (excluding diaryl/α,β-unsaturated/α-hetero) is 1. The second-order valence-corrected chi connectivity index (χ2v) is 4.62. The first kappa shape index (κ1) is 14.8. The molecule has 0 amide bonds.